The van der Waals surface area contributed by atoms with Crippen molar-refractivity contribution in [2.75, 3.05) is 11.9 Å². The van der Waals surface area contributed by atoms with Crippen molar-refractivity contribution in [3.05, 3.63) is 54.2 Å². The predicted molar refractivity (Wildman–Crippen MR) is 83.1 cm³/mol. The third-order valence-electron chi connectivity index (χ3n) is 2.96. The number of rotatable bonds is 5. The number of pyridine rings is 1. The molecule has 1 aromatic carbocycles. The molecule has 0 unspecified atom stereocenters. The Hall–Kier alpha value is -3.22. The lowest BCUT2D eigenvalue weighted by Gasteiger charge is -2.04. The second-order valence-corrected chi connectivity index (χ2v) is 4.54. The molecule has 0 aliphatic rings. The topological polar surface area (TPSA) is 90.1 Å². The maximum Gasteiger partial charge on any atom is 0.322 e. The Kier molecular flexibility index (Phi) is 4.28. The fourth-order valence-electron chi connectivity index (χ4n) is 1.91. The molecular weight excluding hydrogens is 296 g/mol. The van der Waals surface area contributed by atoms with Crippen LogP contribution in [0.4, 0.5) is 6.01 Å². The average Bonchev–Trinajstić information content (AvgIpc) is 3.05. The molecule has 0 radical (unpaired) electrons. The summed E-state index contributed by atoms with van der Waals surface area (Å²) in [6.07, 6.45) is 1.62. The lowest BCUT2D eigenvalue weighted by atomic mass is 10.2. The number of benzene rings is 1. The standard InChI is InChI=1S/C16H14N4O3/c1-2-22-12-8-6-11(7-9-12)14(21)18-16-20-19-15(23-16)13-5-3-4-10-17-13/h3-10H,2H2,1H3,(H,18,20,21). The van der Waals surface area contributed by atoms with Gasteiger partial charge in [-0.3, -0.25) is 15.1 Å². The van der Waals surface area contributed by atoms with Gasteiger partial charge in [0, 0.05) is 11.8 Å². The molecule has 1 N–H and O–H groups in total. The molecule has 0 spiro atoms. The van der Waals surface area contributed by atoms with E-state index in [4.69, 9.17) is 9.15 Å². The van der Waals surface area contributed by atoms with E-state index >= 15 is 0 Å². The first-order valence-electron chi connectivity index (χ1n) is 7.05. The molecule has 0 fully saturated rings. The largest absolute Gasteiger partial charge is 0.494 e. The van der Waals surface area contributed by atoms with Gasteiger partial charge in [-0.2, -0.15) is 0 Å². The molecule has 0 saturated heterocycles. The van der Waals surface area contributed by atoms with E-state index in [2.05, 4.69) is 20.5 Å². The van der Waals surface area contributed by atoms with E-state index in [-0.39, 0.29) is 17.8 Å². The zero-order chi connectivity index (χ0) is 16.1. The summed E-state index contributed by atoms with van der Waals surface area (Å²) in [5, 5.41) is 10.2. The highest BCUT2D eigenvalue weighted by molar-refractivity contribution is 6.03. The number of nitrogens with zero attached hydrogens (tertiary/aromatic N) is 3. The highest BCUT2D eigenvalue weighted by Gasteiger charge is 2.13. The zero-order valence-corrected chi connectivity index (χ0v) is 12.4. The van der Waals surface area contributed by atoms with Gasteiger partial charge in [0.05, 0.1) is 6.61 Å². The smallest absolute Gasteiger partial charge is 0.322 e. The number of ether oxygens (including phenoxy) is 1. The monoisotopic (exact) mass is 310 g/mol. The van der Waals surface area contributed by atoms with Gasteiger partial charge in [0.1, 0.15) is 11.4 Å². The second kappa shape index (κ2) is 6.69. The van der Waals surface area contributed by atoms with Gasteiger partial charge in [-0.15, -0.1) is 5.10 Å². The molecule has 3 rings (SSSR count). The van der Waals surface area contributed by atoms with Crippen LogP contribution < -0.4 is 10.1 Å². The minimum absolute atomic E-state index is 0.0181. The summed E-state index contributed by atoms with van der Waals surface area (Å²) in [7, 11) is 0. The first-order chi connectivity index (χ1) is 11.3. The van der Waals surface area contributed by atoms with E-state index in [1.807, 2.05) is 13.0 Å². The Bertz CT molecular complexity index is 785. The van der Waals surface area contributed by atoms with Crippen LogP contribution in [0.25, 0.3) is 11.6 Å². The van der Waals surface area contributed by atoms with Gasteiger partial charge in [0.15, 0.2) is 0 Å². The van der Waals surface area contributed by atoms with Crippen LogP contribution in [0.3, 0.4) is 0 Å². The number of anilines is 1. The highest BCUT2D eigenvalue weighted by atomic mass is 16.5. The van der Waals surface area contributed by atoms with Gasteiger partial charge in [-0.1, -0.05) is 11.2 Å². The number of hydrogen-bond acceptors (Lipinski definition) is 6. The second-order valence-electron chi connectivity index (χ2n) is 4.54. The molecule has 3 aromatic rings. The lowest BCUT2D eigenvalue weighted by molar-refractivity contribution is 0.102. The van der Waals surface area contributed by atoms with Crippen LogP contribution in [0.1, 0.15) is 17.3 Å². The highest BCUT2D eigenvalue weighted by Crippen LogP contribution is 2.18. The quantitative estimate of drug-likeness (QED) is 0.779. The Morgan fingerprint density at radius 2 is 2.00 bits per heavy atom. The molecule has 0 bridgehead atoms. The normalized spacial score (nSPS) is 10.3. The number of nitrogens with one attached hydrogen (secondary N) is 1. The maximum atomic E-state index is 12.1. The summed E-state index contributed by atoms with van der Waals surface area (Å²) in [5.41, 5.74) is 1.01. The van der Waals surface area contributed by atoms with Crippen molar-refractivity contribution >= 4 is 11.9 Å². The van der Waals surface area contributed by atoms with Gasteiger partial charge >= 0.3 is 6.01 Å². The van der Waals surface area contributed by atoms with Crippen LogP contribution >= 0.6 is 0 Å². The van der Waals surface area contributed by atoms with Gasteiger partial charge in [-0.05, 0) is 43.3 Å². The van der Waals surface area contributed by atoms with E-state index in [0.717, 1.165) is 0 Å². The molecule has 0 saturated carbocycles. The van der Waals surface area contributed by atoms with Crippen LogP contribution in [-0.4, -0.2) is 27.7 Å². The minimum atomic E-state index is -0.343. The summed E-state index contributed by atoms with van der Waals surface area (Å²) < 4.78 is 10.7. The maximum absolute atomic E-state index is 12.1. The zero-order valence-electron chi connectivity index (χ0n) is 12.4. The Labute approximate surface area is 132 Å². The molecule has 0 aliphatic carbocycles. The summed E-state index contributed by atoms with van der Waals surface area (Å²) >= 11 is 0. The Morgan fingerprint density at radius 3 is 2.70 bits per heavy atom. The van der Waals surface area contributed by atoms with Gasteiger partial charge in [0.25, 0.3) is 11.8 Å². The van der Waals surface area contributed by atoms with Crippen molar-refractivity contribution < 1.29 is 13.9 Å². The minimum Gasteiger partial charge on any atom is -0.494 e. The van der Waals surface area contributed by atoms with Gasteiger partial charge in [0.2, 0.25) is 0 Å². The van der Waals surface area contributed by atoms with E-state index in [0.29, 0.717) is 23.6 Å². The van der Waals surface area contributed by atoms with Crippen molar-refractivity contribution in [1.29, 1.82) is 0 Å². The third kappa shape index (κ3) is 3.52. The summed E-state index contributed by atoms with van der Waals surface area (Å²) in [6.45, 7) is 2.47. The molecule has 0 aliphatic heterocycles. The molecular formula is C16H14N4O3. The van der Waals surface area contributed by atoms with E-state index < -0.39 is 0 Å². The van der Waals surface area contributed by atoms with E-state index in [1.165, 1.54) is 0 Å². The molecule has 2 aromatic heterocycles. The molecule has 7 heteroatoms. The van der Waals surface area contributed by atoms with E-state index in [9.17, 15) is 4.79 Å². The number of amides is 1. The molecule has 7 nitrogen and oxygen atoms in total. The fraction of sp³-hybridized carbons (Fsp3) is 0.125. The van der Waals surface area contributed by atoms with E-state index in [1.54, 1.807) is 42.6 Å². The Balaban J connectivity index is 1.69. The Morgan fingerprint density at radius 1 is 1.17 bits per heavy atom. The van der Waals surface area contributed by atoms with Crippen molar-refractivity contribution in [1.82, 2.24) is 15.2 Å². The number of carbonyl (C=O) groups is 1. The van der Waals surface area contributed by atoms with Gasteiger partial charge < -0.3 is 9.15 Å². The SMILES string of the molecule is CCOc1ccc(C(=O)Nc2nnc(-c3ccccn3)o2)cc1. The van der Waals surface area contributed by atoms with Crippen LogP contribution in [0, 0.1) is 0 Å². The first kappa shape index (κ1) is 14.7. The van der Waals surface area contributed by atoms with Crippen LogP contribution in [0.15, 0.2) is 53.1 Å². The number of aromatic nitrogens is 3. The molecule has 1 amide bonds. The molecule has 116 valence electrons. The van der Waals surface area contributed by atoms with Gasteiger partial charge in [-0.25, -0.2) is 0 Å². The average molecular weight is 310 g/mol. The molecule has 0 atom stereocenters. The van der Waals surface area contributed by atoms with Crippen molar-refractivity contribution in [3.63, 3.8) is 0 Å². The summed E-state index contributed by atoms with van der Waals surface area (Å²) in [5.74, 6) is 0.608. The number of carbonyl (C=O) groups excluding carboxylic acids is 1. The molecule has 23 heavy (non-hydrogen) atoms. The van der Waals surface area contributed by atoms with Crippen LogP contribution in [0.2, 0.25) is 0 Å². The fourth-order valence-corrected chi connectivity index (χ4v) is 1.91. The van der Waals surface area contributed by atoms with Crippen LogP contribution in [0.5, 0.6) is 5.75 Å². The van der Waals surface area contributed by atoms with Crippen molar-refractivity contribution in [3.8, 4) is 17.3 Å². The first-order valence-corrected chi connectivity index (χ1v) is 7.05. The molecule has 2 heterocycles. The van der Waals surface area contributed by atoms with Crippen LogP contribution in [-0.2, 0) is 0 Å². The third-order valence-corrected chi connectivity index (χ3v) is 2.96. The summed E-state index contributed by atoms with van der Waals surface area (Å²) in [6, 6.07) is 12.1. The lowest BCUT2D eigenvalue weighted by Crippen LogP contribution is -2.12. The predicted octanol–water partition coefficient (Wildman–Crippen LogP) is 2.78. The number of hydrogen-bond donors (Lipinski definition) is 1. The summed E-state index contributed by atoms with van der Waals surface area (Å²) in [4.78, 5) is 16.2. The van der Waals surface area contributed by atoms with Crippen molar-refractivity contribution in [2.24, 2.45) is 0 Å². The van der Waals surface area contributed by atoms with Crippen molar-refractivity contribution in [2.45, 2.75) is 6.92 Å².